The van der Waals surface area contributed by atoms with E-state index in [1.807, 2.05) is 176 Å². The van der Waals surface area contributed by atoms with Gasteiger partial charge in [0.2, 0.25) is 0 Å². The minimum absolute atomic E-state index is 0.0676. The van der Waals surface area contributed by atoms with E-state index in [0.717, 1.165) is 66.3 Å². The van der Waals surface area contributed by atoms with E-state index in [9.17, 15) is 9.59 Å². The molecule has 6 aromatic carbocycles. The third-order valence-corrected chi connectivity index (χ3v) is 19.7. The van der Waals surface area contributed by atoms with Gasteiger partial charge in [-0.15, -0.1) is 0 Å². The summed E-state index contributed by atoms with van der Waals surface area (Å²) >= 11 is 0. The highest BCUT2D eigenvalue weighted by molar-refractivity contribution is 7.48. The maximum absolute atomic E-state index is 16.5. The number of hydrogen-bond acceptors (Lipinski definition) is 14. The van der Waals surface area contributed by atoms with E-state index in [-0.39, 0.29) is 59.1 Å². The quantitative estimate of drug-likeness (QED) is 0.0202. The molecule has 1 saturated carbocycles. The lowest BCUT2D eigenvalue weighted by Gasteiger charge is -2.50. The van der Waals surface area contributed by atoms with Gasteiger partial charge in [0.05, 0.1) is 53.4 Å². The lowest BCUT2D eigenvalue weighted by atomic mass is 9.83. The van der Waals surface area contributed by atoms with Crippen LogP contribution in [0.2, 0.25) is 0 Å². The topological polar surface area (TPSA) is 153 Å². The summed E-state index contributed by atoms with van der Waals surface area (Å²) in [5, 5.41) is 0. The van der Waals surface area contributed by atoms with Gasteiger partial charge in [-0.1, -0.05) is 332 Å². The summed E-state index contributed by atoms with van der Waals surface area (Å²) in [7, 11) is -3.29. The number of hydrogen-bond donors (Lipinski definition) is 0. The first-order chi connectivity index (χ1) is 48.7. The normalized spacial score (nSPS) is 17.8. The fourth-order valence-electron chi connectivity index (χ4n) is 12.5. The van der Waals surface area contributed by atoms with Crippen molar-refractivity contribution in [1.82, 2.24) is 0 Å². The maximum atomic E-state index is 16.5. The molecule has 14 nitrogen and oxygen atoms in total. The van der Waals surface area contributed by atoms with Gasteiger partial charge in [0.1, 0.15) is 49.0 Å². The van der Waals surface area contributed by atoms with E-state index in [4.69, 9.17) is 51.5 Å². The molecular weight excluding hydrogens is 1260 g/mol. The molecule has 1 fully saturated rings. The summed E-state index contributed by atoms with van der Waals surface area (Å²) in [6.45, 7) is 3.95. The van der Waals surface area contributed by atoms with E-state index >= 15 is 4.57 Å². The first kappa shape index (κ1) is 80.3. The van der Waals surface area contributed by atoms with E-state index in [1.165, 1.54) is 116 Å². The molecule has 15 heteroatoms. The number of phosphoric ester groups is 1. The number of methoxy groups -OCH3 is 1. The number of ether oxygens (including phenoxy) is 8. The Morgan fingerprint density at radius 3 is 0.960 bits per heavy atom. The molecule has 1 unspecified atom stereocenters. The van der Waals surface area contributed by atoms with Crippen LogP contribution in [0.5, 0.6) is 5.75 Å². The average Bonchev–Trinajstić information content (AvgIpc) is 0.758. The van der Waals surface area contributed by atoms with Crippen molar-refractivity contribution in [2.24, 2.45) is 0 Å². The van der Waals surface area contributed by atoms with E-state index in [0.29, 0.717) is 24.2 Å². The van der Waals surface area contributed by atoms with Crippen LogP contribution in [0.3, 0.4) is 0 Å². The van der Waals surface area contributed by atoms with Crippen molar-refractivity contribution in [3.63, 3.8) is 0 Å². The number of esters is 2. The van der Waals surface area contributed by atoms with Crippen LogP contribution in [0.1, 0.15) is 227 Å². The zero-order valence-electron chi connectivity index (χ0n) is 59.9. The Bertz CT molecular complexity index is 3030. The smallest absolute Gasteiger partial charge is 0.475 e. The summed E-state index contributed by atoms with van der Waals surface area (Å²) in [5.41, 5.74) is 5.02. The Morgan fingerprint density at radius 2 is 0.626 bits per heavy atom. The lowest BCUT2D eigenvalue weighted by molar-refractivity contribution is -0.280. The average molecular weight is 1380 g/mol. The van der Waals surface area contributed by atoms with Gasteiger partial charge in [-0.25, -0.2) is 4.57 Å². The van der Waals surface area contributed by atoms with Gasteiger partial charge in [0.25, 0.3) is 0 Å². The first-order valence-corrected chi connectivity index (χ1v) is 39.0. The molecule has 0 radical (unpaired) electrons. The van der Waals surface area contributed by atoms with E-state index < -0.39 is 69.1 Å². The van der Waals surface area contributed by atoms with Crippen molar-refractivity contribution in [1.29, 1.82) is 0 Å². The van der Waals surface area contributed by atoms with Gasteiger partial charge in [-0.05, 0) is 58.4 Å². The third-order valence-electron chi connectivity index (χ3n) is 18.3. The Labute approximate surface area is 593 Å². The number of benzene rings is 6. The van der Waals surface area contributed by atoms with Crippen LogP contribution < -0.4 is 4.74 Å². The van der Waals surface area contributed by atoms with Crippen molar-refractivity contribution in [2.45, 2.75) is 276 Å². The molecule has 7 rings (SSSR count). The number of phosphoric acid groups is 1. The number of carbonyl (C=O) groups excluding carboxylic acids is 2. The molecule has 0 N–H and O–H groups in total. The van der Waals surface area contributed by atoms with Crippen LogP contribution in [-0.2, 0) is 101 Å². The maximum Gasteiger partial charge on any atom is 0.475 e. The highest BCUT2D eigenvalue weighted by Gasteiger charge is 2.57. The minimum atomic E-state index is -4.92. The molecule has 0 amide bonds. The number of rotatable bonds is 55. The second-order valence-corrected chi connectivity index (χ2v) is 28.1. The first-order valence-electron chi connectivity index (χ1n) is 37.6. The van der Waals surface area contributed by atoms with Crippen molar-refractivity contribution < 1.29 is 65.6 Å². The number of unbranched alkanes of at least 4 members (excludes halogenated alkanes) is 24. The molecule has 1 aliphatic rings. The van der Waals surface area contributed by atoms with Crippen LogP contribution in [0, 0.1) is 0 Å². The molecule has 0 aromatic heterocycles. The fraction of sp³-hybridized carbons (Fsp3) is 0.548. The van der Waals surface area contributed by atoms with Crippen LogP contribution in [0.25, 0.3) is 0 Å². The molecule has 0 aliphatic heterocycles. The van der Waals surface area contributed by atoms with Crippen LogP contribution in [0.4, 0.5) is 0 Å². The highest BCUT2D eigenvalue weighted by Crippen LogP contribution is 2.54. The second kappa shape index (κ2) is 49.5. The molecule has 8 atom stereocenters. The molecule has 542 valence electrons. The third kappa shape index (κ3) is 32.7. The molecule has 0 heterocycles. The zero-order chi connectivity index (χ0) is 69.5. The highest BCUT2D eigenvalue weighted by atomic mass is 31.2. The summed E-state index contributed by atoms with van der Waals surface area (Å²) < 4.78 is 90.2. The summed E-state index contributed by atoms with van der Waals surface area (Å²) in [5.74, 6) is -0.208. The van der Waals surface area contributed by atoms with Gasteiger partial charge in [0, 0.05) is 12.8 Å². The number of carbonyl (C=O) groups is 2. The van der Waals surface area contributed by atoms with Gasteiger partial charge in [-0.2, -0.15) is 0 Å². The SMILES string of the molecule is CCCCCCCCCCCCCCCC(=O)OC[C@H](COP(=O)(OCc1ccccc1)O[C@@H]1[C@H](OCc2ccccc2)[C@H](OCc2ccc(OC)cc2)[C@@H](OCc2ccccc2)[C@H](OCc2ccccc2)[C@H]1OCc1ccccc1)OC(=O)CCCCCCCCCCCCCCC. The van der Waals surface area contributed by atoms with E-state index in [1.54, 1.807) is 7.11 Å². The monoisotopic (exact) mass is 1380 g/mol. The molecule has 1 aliphatic carbocycles. The molecule has 0 spiro atoms. The summed E-state index contributed by atoms with van der Waals surface area (Å²) in [6.07, 6.45) is 23.1. The molecule has 0 bridgehead atoms. The molecular formula is C84H117O14P. The van der Waals surface area contributed by atoms with E-state index in [2.05, 4.69) is 13.8 Å². The summed E-state index contributed by atoms with van der Waals surface area (Å²) in [4.78, 5) is 27.6. The van der Waals surface area contributed by atoms with Crippen molar-refractivity contribution in [3.05, 3.63) is 209 Å². The van der Waals surface area contributed by atoms with Gasteiger partial charge < -0.3 is 37.9 Å². The largest absolute Gasteiger partial charge is 0.497 e. The van der Waals surface area contributed by atoms with Crippen molar-refractivity contribution >= 4 is 19.8 Å². The van der Waals surface area contributed by atoms with Gasteiger partial charge in [-0.3, -0.25) is 23.2 Å². The Balaban J connectivity index is 1.19. The van der Waals surface area contributed by atoms with Crippen molar-refractivity contribution in [2.75, 3.05) is 20.3 Å². The van der Waals surface area contributed by atoms with Crippen LogP contribution in [-0.4, -0.2) is 75.0 Å². The van der Waals surface area contributed by atoms with Gasteiger partial charge >= 0.3 is 19.8 Å². The predicted molar refractivity (Wildman–Crippen MR) is 393 cm³/mol. The second-order valence-electron chi connectivity index (χ2n) is 26.5. The molecule has 0 saturated heterocycles. The van der Waals surface area contributed by atoms with Gasteiger partial charge in [0.15, 0.2) is 6.10 Å². The fourth-order valence-corrected chi connectivity index (χ4v) is 13.9. The summed E-state index contributed by atoms with van der Waals surface area (Å²) in [6, 6.07) is 56.2. The molecule has 99 heavy (non-hydrogen) atoms. The lowest BCUT2D eigenvalue weighted by Crippen LogP contribution is -2.67. The Hall–Kier alpha value is -6.03. The van der Waals surface area contributed by atoms with Crippen LogP contribution >= 0.6 is 7.82 Å². The Kier molecular flexibility index (Phi) is 40.2. The Morgan fingerprint density at radius 1 is 0.333 bits per heavy atom. The van der Waals surface area contributed by atoms with Crippen LogP contribution in [0.15, 0.2) is 176 Å². The predicted octanol–water partition coefficient (Wildman–Crippen LogP) is 21.1. The van der Waals surface area contributed by atoms with Crippen molar-refractivity contribution in [3.8, 4) is 5.75 Å². The zero-order valence-corrected chi connectivity index (χ0v) is 60.8. The minimum Gasteiger partial charge on any atom is -0.497 e. The molecule has 6 aromatic rings. The standard InChI is InChI=1S/C84H117O14P/c1-4-6-8-10-12-14-16-18-20-22-24-26-43-55-77(85)89-67-76(97-78(86)56-44-27-25-23-21-19-17-15-13-11-9-7-5-2)68-96-99(87,95-66-73-53-41-32-42-54-73)98-84-82(93-63-71-49-37-30-38-50-71)80(91-62-70-47-35-29-36-48-70)79(90-61-69-45-33-28-34-46-69)81(83(84)94-64-72-51-39-31-40-52-72)92-65-74-57-59-75(88-3)60-58-74/h28-42,45-54,57-60,76,79-84H,4-27,43-44,55-56,61-68H2,1-3H3/t76-,79+,80+,81-,82-,83-,84+,99?/m1/s1.